The summed E-state index contributed by atoms with van der Waals surface area (Å²) in [5.41, 5.74) is 3.61. The van der Waals surface area contributed by atoms with Crippen LogP contribution in [-0.2, 0) is 13.6 Å². The highest BCUT2D eigenvalue weighted by Gasteiger charge is 2.37. The summed E-state index contributed by atoms with van der Waals surface area (Å²) in [5, 5.41) is 6.69. The fraction of sp³-hybridized carbons (Fsp3) is 0.364. The number of nitrogens with zero attached hydrogens (tertiary/aromatic N) is 6. The van der Waals surface area contributed by atoms with Crippen molar-refractivity contribution >= 4 is 16.9 Å². The molecule has 1 aromatic carbocycles. The Kier molecular flexibility index (Phi) is 4.99. The molecule has 0 amide bonds. The number of allylic oxidation sites excluding steroid dienone is 1. The van der Waals surface area contributed by atoms with Gasteiger partial charge in [0.05, 0.1) is 24.6 Å². The maximum absolute atomic E-state index is 12.8. The second-order valence-electron chi connectivity index (χ2n) is 8.23. The Balaban J connectivity index is 1.24. The first-order valence-corrected chi connectivity index (χ1v) is 10.3. The van der Waals surface area contributed by atoms with Crippen molar-refractivity contribution in [3.8, 4) is 5.75 Å². The minimum absolute atomic E-state index is 0.148. The van der Waals surface area contributed by atoms with E-state index in [0.717, 1.165) is 29.8 Å². The van der Waals surface area contributed by atoms with E-state index in [-0.39, 0.29) is 17.4 Å². The number of hydrazone groups is 1. The van der Waals surface area contributed by atoms with Crippen LogP contribution >= 0.6 is 0 Å². The zero-order valence-electron chi connectivity index (χ0n) is 17.5. The van der Waals surface area contributed by atoms with E-state index < -0.39 is 6.61 Å². The van der Waals surface area contributed by atoms with E-state index in [1.807, 2.05) is 17.1 Å². The number of aromatic nitrogens is 4. The smallest absolute Gasteiger partial charge is 0.387 e. The largest absolute Gasteiger partial charge is 0.435 e. The van der Waals surface area contributed by atoms with Crippen molar-refractivity contribution in [1.29, 1.82) is 0 Å². The summed E-state index contributed by atoms with van der Waals surface area (Å²) < 4.78 is 32.2. The SMILES string of the molecule is C=C1CC(Cn2cnc3ncn(C)c3c2=O)=NN1C1CC(c2ccc(OC(F)F)cc2)C1. The Morgan fingerprint density at radius 3 is 2.62 bits per heavy atom. The molecule has 8 nitrogen and oxygen atoms in total. The monoisotopic (exact) mass is 440 g/mol. The molecule has 2 aliphatic rings. The molecule has 0 saturated heterocycles. The molecule has 1 fully saturated rings. The lowest BCUT2D eigenvalue weighted by molar-refractivity contribution is -0.0498. The molecular formula is C22H22F2N6O2. The Labute approximate surface area is 182 Å². The number of ether oxygens (including phenoxy) is 1. The van der Waals surface area contributed by atoms with Gasteiger partial charge in [-0.1, -0.05) is 18.7 Å². The number of aryl methyl sites for hydroxylation is 1. The highest BCUT2D eigenvalue weighted by atomic mass is 19.3. The fourth-order valence-corrected chi connectivity index (χ4v) is 4.36. The number of benzene rings is 1. The third kappa shape index (κ3) is 3.65. The van der Waals surface area contributed by atoms with Gasteiger partial charge in [0.1, 0.15) is 12.1 Å². The van der Waals surface area contributed by atoms with Crippen LogP contribution in [0.1, 0.15) is 30.7 Å². The minimum atomic E-state index is -2.82. The first-order valence-electron chi connectivity index (χ1n) is 10.3. The molecule has 0 spiro atoms. The molecule has 166 valence electrons. The third-order valence-electron chi connectivity index (χ3n) is 6.07. The maximum Gasteiger partial charge on any atom is 0.387 e. The number of hydrogen-bond acceptors (Lipinski definition) is 6. The van der Waals surface area contributed by atoms with Gasteiger partial charge in [0, 0.05) is 19.2 Å². The summed E-state index contributed by atoms with van der Waals surface area (Å²) in [6.45, 7) is 1.68. The van der Waals surface area contributed by atoms with Crippen LogP contribution in [0.15, 0.2) is 59.1 Å². The van der Waals surface area contributed by atoms with Crippen molar-refractivity contribution in [2.45, 2.75) is 44.4 Å². The number of halogens is 2. The molecule has 5 rings (SSSR count). The second-order valence-corrected chi connectivity index (χ2v) is 8.23. The summed E-state index contributed by atoms with van der Waals surface area (Å²) in [4.78, 5) is 21.1. The molecule has 10 heteroatoms. The summed E-state index contributed by atoms with van der Waals surface area (Å²) in [5.74, 6) is 0.502. The average Bonchev–Trinajstić information content (AvgIpc) is 3.27. The van der Waals surface area contributed by atoms with E-state index in [2.05, 4.69) is 21.3 Å². The van der Waals surface area contributed by atoms with Crippen LogP contribution in [0, 0.1) is 0 Å². The number of fused-ring (bicyclic) bond motifs is 1. The van der Waals surface area contributed by atoms with E-state index in [4.69, 9.17) is 5.10 Å². The molecule has 0 radical (unpaired) electrons. The molecule has 0 unspecified atom stereocenters. The molecule has 0 atom stereocenters. The number of hydrogen-bond donors (Lipinski definition) is 0. The van der Waals surface area contributed by atoms with Crippen LogP contribution in [0.5, 0.6) is 5.75 Å². The maximum atomic E-state index is 12.8. The molecule has 3 heterocycles. The van der Waals surface area contributed by atoms with Crippen molar-refractivity contribution in [3.63, 3.8) is 0 Å². The first-order chi connectivity index (χ1) is 15.4. The van der Waals surface area contributed by atoms with E-state index in [0.29, 0.717) is 30.0 Å². The topological polar surface area (TPSA) is 77.5 Å². The summed E-state index contributed by atoms with van der Waals surface area (Å²) >= 11 is 0. The molecule has 1 saturated carbocycles. The van der Waals surface area contributed by atoms with Gasteiger partial charge in [-0.15, -0.1) is 0 Å². The number of imidazole rings is 1. The molecule has 32 heavy (non-hydrogen) atoms. The quantitative estimate of drug-likeness (QED) is 0.588. The van der Waals surface area contributed by atoms with E-state index in [1.54, 1.807) is 34.6 Å². The number of rotatable bonds is 6. The number of alkyl halides is 2. The molecule has 2 aromatic heterocycles. The zero-order chi connectivity index (χ0) is 22.4. The van der Waals surface area contributed by atoms with Gasteiger partial charge < -0.3 is 9.30 Å². The van der Waals surface area contributed by atoms with Gasteiger partial charge in [-0.2, -0.15) is 13.9 Å². The summed E-state index contributed by atoms with van der Waals surface area (Å²) in [6.07, 6.45) is 5.48. The predicted molar refractivity (Wildman–Crippen MR) is 115 cm³/mol. The molecule has 0 N–H and O–H groups in total. The van der Waals surface area contributed by atoms with Crippen molar-refractivity contribution in [1.82, 2.24) is 24.1 Å². The van der Waals surface area contributed by atoms with Crippen LogP contribution in [0.25, 0.3) is 11.2 Å². The predicted octanol–water partition coefficient (Wildman–Crippen LogP) is 3.25. The van der Waals surface area contributed by atoms with Gasteiger partial charge in [-0.25, -0.2) is 9.97 Å². The minimum Gasteiger partial charge on any atom is -0.435 e. The van der Waals surface area contributed by atoms with Crippen molar-refractivity contribution in [3.05, 3.63) is 65.1 Å². The lowest BCUT2D eigenvalue weighted by atomic mass is 9.75. The van der Waals surface area contributed by atoms with Gasteiger partial charge in [-0.3, -0.25) is 14.4 Å². The third-order valence-corrected chi connectivity index (χ3v) is 6.07. The lowest BCUT2D eigenvalue weighted by Gasteiger charge is -2.40. The Bertz CT molecular complexity index is 1260. The summed E-state index contributed by atoms with van der Waals surface area (Å²) in [6, 6.07) is 7.05. The standard InChI is InChI=1S/C22H22F2N6O2/c1-13-7-16(10-29-12-26-20-19(21(29)31)28(2)11-25-20)27-30(13)17-8-15(9-17)14-3-5-18(6-4-14)32-22(23)24/h3-6,11-12,15,17,22H,1,7-10H2,2H3. The van der Waals surface area contributed by atoms with Crippen molar-refractivity contribution in [2.75, 3.05) is 0 Å². The Hall–Kier alpha value is -3.56. The Morgan fingerprint density at radius 1 is 1.19 bits per heavy atom. The average molecular weight is 440 g/mol. The van der Waals surface area contributed by atoms with Gasteiger partial charge >= 0.3 is 6.61 Å². The van der Waals surface area contributed by atoms with Crippen molar-refractivity contribution < 1.29 is 13.5 Å². The van der Waals surface area contributed by atoms with E-state index in [1.165, 1.54) is 6.33 Å². The summed E-state index contributed by atoms with van der Waals surface area (Å²) in [7, 11) is 1.77. The Morgan fingerprint density at radius 2 is 1.91 bits per heavy atom. The highest BCUT2D eigenvalue weighted by molar-refractivity contribution is 5.88. The lowest BCUT2D eigenvalue weighted by Crippen LogP contribution is -2.38. The fourth-order valence-electron chi connectivity index (χ4n) is 4.36. The van der Waals surface area contributed by atoms with Gasteiger partial charge in [0.25, 0.3) is 5.56 Å². The van der Waals surface area contributed by atoms with Gasteiger partial charge in [0.2, 0.25) is 0 Å². The molecule has 0 bridgehead atoms. The van der Waals surface area contributed by atoms with E-state index >= 15 is 0 Å². The van der Waals surface area contributed by atoms with E-state index in [9.17, 15) is 13.6 Å². The van der Waals surface area contributed by atoms with Crippen molar-refractivity contribution in [2.24, 2.45) is 12.1 Å². The molecular weight excluding hydrogens is 418 g/mol. The highest BCUT2D eigenvalue weighted by Crippen LogP contribution is 2.43. The second kappa shape index (κ2) is 7.85. The normalized spacial score (nSPS) is 20.7. The van der Waals surface area contributed by atoms with Gasteiger partial charge in [0.15, 0.2) is 11.2 Å². The zero-order valence-corrected chi connectivity index (χ0v) is 17.5. The van der Waals surface area contributed by atoms with Crippen LogP contribution in [0.4, 0.5) is 8.78 Å². The molecule has 3 aromatic rings. The van der Waals surface area contributed by atoms with Crippen LogP contribution in [0.2, 0.25) is 0 Å². The molecule has 1 aliphatic carbocycles. The van der Waals surface area contributed by atoms with Crippen LogP contribution in [0.3, 0.4) is 0 Å². The first kappa shape index (κ1) is 20.3. The van der Waals surface area contributed by atoms with Gasteiger partial charge in [-0.05, 0) is 36.5 Å². The van der Waals surface area contributed by atoms with Crippen LogP contribution < -0.4 is 10.3 Å². The van der Waals surface area contributed by atoms with Crippen LogP contribution in [-0.4, -0.2) is 42.5 Å². The molecule has 1 aliphatic heterocycles.